The highest BCUT2D eigenvalue weighted by Crippen LogP contribution is 2.27. The summed E-state index contributed by atoms with van der Waals surface area (Å²) in [7, 11) is 0. The van der Waals surface area contributed by atoms with Crippen LogP contribution in [0.1, 0.15) is 22.8 Å². The van der Waals surface area contributed by atoms with Crippen LogP contribution in [-0.4, -0.2) is 56.9 Å². The summed E-state index contributed by atoms with van der Waals surface area (Å²) >= 11 is 0. The molecule has 3 aromatic rings. The zero-order chi connectivity index (χ0) is 21.6. The van der Waals surface area contributed by atoms with Crippen molar-refractivity contribution in [2.75, 3.05) is 46.0 Å². The fourth-order valence-corrected chi connectivity index (χ4v) is 3.92. The van der Waals surface area contributed by atoms with Gasteiger partial charge in [0, 0.05) is 10.9 Å². The molecule has 2 heterocycles. The SMILES string of the molecule is CCOc1ccc(-c2cc(C(=O)NCC[NH+]3CCOCC3)c3cc(C)ccc3n2)cc1. The van der Waals surface area contributed by atoms with Crippen molar-refractivity contribution in [3.8, 4) is 17.0 Å². The normalized spacial score (nSPS) is 14.5. The van der Waals surface area contributed by atoms with E-state index in [1.807, 2.05) is 62.4 Å². The summed E-state index contributed by atoms with van der Waals surface area (Å²) in [5.41, 5.74) is 4.33. The molecular weight excluding hydrogens is 390 g/mol. The molecule has 31 heavy (non-hydrogen) atoms. The Morgan fingerprint density at radius 3 is 2.65 bits per heavy atom. The van der Waals surface area contributed by atoms with Gasteiger partial charge in [-0.2, -0.15) is 0 Å². The van der Waals surface area contributed by atoms with E-state index in [0.29, 0.717) is 18.7 Å². The van der Waals surface area contributed by atoms with Crippen LogP contribution in [0, 0.1) is 6.92 Å². The zero-order valence-electron chi connectivity index (χ0n) is 18.2. The molecule has 0 radical (unpaired) electrons. The first kappa shape index (κ1) is 21.3. The van der Waals surface area contributed by atoms with E-state index in [0.717, 1.165) is 66.3 Å². The van der Waals surface area contributed by atoms with Crippen LogP contribution in [0.15, 0.2) is 48.5 Å². The lowest BCUT2D eigenvalue weighted by atomic mass is 10.0. The van der Waals surface area contributed by atoms with E-state index in [1.165, 1.54) is 4.90 Å². The number of hydrogen-bond acceptors (Lipinski definition) is 4. The van der Waals surface area contributed by atoms with Crippen molar-refractivity contribution in [2.24, 2.45) is 0 Å². The zero-order valence-corrected chi connectivity index (χ0v) is 18.2. The highest BCUT2D eigenvalue weighted by molar-refractivity contribution is 6.07. The van der Waals surface area contributed by atoms with Gasteiger partial charge in [-0.3, -0.25) is 4.79 Å². The summed E-state index contributed by atoms with van der Waals surface area (Å²) in [5, 5.41) is 3.99. The Kier molecular flexibility index (Phi) is 6.79. The summed E-state index contributed by atoms with van der Waals surface area (Å²) in [6.07, 6.45) is 0. The average molecular weight is 421 g/mol. The molecule has 1 amide bonds. The molecule has 2 aromatic carbocycles. The molecule has 0 aliphatic carbocycles. The Labute approximate surface area is 183 Å². The number of rotatable bonds is 7. The maximum atomic E-state index is 13.1. The maximum absolute atomic E-state index is 13.1. The number of carbonyl (C=O) groups excluding carboxylic acids is 1. The number of amides is 1. The molecule has 162 valence electrons. The van der Waals surface area contributed by atoms with E-state index in [4.69, 9.17) is 14.5 Å². The Morgan fingerprint density at radius 2 is 1.90 bits per heavy atom. The highest BCUT2D eigenvalue weighted by Gasteiger charge is 2.17. The number of nitrogens with one attached hydrogen (secondary N) is 2. The van der Waals surface area contributed by atoms with Crippen LogP contribution < -0.4 is 15.0 Å². The molecule has 1 aromatic heterocycles. The second kappa shape index (κ2) is 9.90. The standard InChI is InChI=1S/C25H29N3O3/c1-3-31-20-7-5-19(6-8-20)24-17-22(21-16-18(2)4-9-23(21)27-24)25(29)26-10-11-28-12-14-30-15-13-28/h4-9,16-17H,3,10-15H2,1-2H3,(H,26,29)/p+1. The average Bonchev–Trinajstić information content (AvgIpc) is 2.80. The summed E-state index contributed by atoms with van der Waals surface area (Å²) in [5.74, 6) is 0.768. The summed E-state index contributed by atoms with van der Waals surface area (Å²) in [4.78, 5) is 19.4. The lowest BCUT2D eigenvalue weighted by molar-refractivity contribution is -0.906. The Bertz CT molecular complexity index is 1040. The number of morpholine rings is 1. The van der Waals surface area contributed by atoms with Gasteiger partial charge in [0.1, 0.15) is 18.8 Å². The first-order valence-electron chi connectivity index (χ1n) is 11.0. The van der Waals surface area contributed by atoms with Gasteiger partial charge in [-0.15, -0.1) is 0 Å². The molecule has 0 atom stereocenters. The van der Waals surface area contributed by atoms with Crippen molar-refractivity contribution in [1.29, 1.82) is 0 Å². The number of benzene rings is 2. The minimum atomic E-state index is -0.0576. The molecule has 1 saturated heterocycles. The third kappa shape index (κ3) is 5.21. The van der Waals surface area contributed by atoms with E-state index in [-0.39, 0.29) is 5.91 Å². The molecule has 0 spiro atoms. The first-order valence-corrected chi connectivity index (χ1v) is 11.0. The van der Waals surface area contributed by atoms with Crippen molar-refractivity contribution in [3.63, 3.8) is 0 Å². The largest absolute Gasteiger partial charge is 0.494 e. The van der Waals surface area contributed by atoms with Gasteiger partial charge in [-0.05, 0) is 56.3 Å². The van der Waals surface area contributed by atoms with Gasteiger partial charge in [0.05, 0.1) is 49.7 Å². The predicted octanol–water partition coefficient (Wildman–Crippen LogP) is 2.25. The monoisotopic (exact) mass is 420 g/mol. The van der Waals surface area contributed by atoms with Crippen molar-refractivity contribution in [3.05, 3.63) is 59.7 Å². The summed E-state index contributed by atoms with van der Waals surface area (Å²) < 4.78 is 11.0. The fraction of sp³-hybridized carbons (Fsp3) is 0.360. The van der Waals surface area contributed by atoms with Crippen molar-refractivity contribution < 1.29 is 19.2 Å². The van der Waals surface area contributed by atoms with Crippen LogP contribution in [0.4, 0.5) is 0 Å². The number of fused-ring (bicyclic) bond motifs is 1. The van der Waals surface area contributed by atoms with E-state index in [2.05, 4.69) is 5.32 Å². The van der Waals surface area contributed by atoms with Gasteiger partial charge in [-0.1, -0.05) is 11.6 Å². The minimum absolute atomic E-state index is 0.0576. The maximum Gasteiger partial charge on any atom is 0.252 e. The molecule has 1 fully saturated rings. The Hall–Kier alpha value is -2.96. The fourth-order valence-electron chi connectivity index (χ4n) is 3.92. The molecule has 0 unspecified atom stereocenters. The van der Waals surface area contributed by atoms with Gasteiger partial charge in [-0.25, -0.2) is 4.98 Å². The number of hydrogen-bond donors (Lipinski definition) is 2. The number of carbonyl (C=O) groups is 1. The van der Waals surface area contributed by atoms with E-state index in [9.17, 15) is 4.79 Å². The Morgan fingerprint density at radius 1 is 1.13 bits per heavy atom. The number of aryl methyl sites for hydroxylation is 1. The summed E-state index contributed by atoms with van der Waals surface area (Å²) in [6.45, 7) is 9.75. The van der Waals surface area contributed by atoms with Crippen molar-refractivity contribution >= 4 is 16.8 Å². The predicted molar refractivity (Wildman–Crippen MR) is 122 cm³/mol. The number of nitrogens with zero attached hydrogens (tertiary/aromatic N) is 1. The number of pyridine rings is 1. The number of quaternary nitrogens is 1. The quantitative estimate of drug-likeness (QED) is 0.615. The minimum Gasteiger partial charge on any atom is -0.494 e. The van der Waals surface area contributed by atoms with Crippen LogP contribution in [0.5, 0.6) is 5.75 Å². The van der Waals surface area contributed by atoms with E-state index < -0.39 is 0 Å². The van der Waals surface area contributed by atoms with Crippen molar-refractivity contribution in [1.82, 2.24) is 10.3 Å². The number of ether oxygens (including phenoxy) is 2. The van der Waals surface area contributed by atoms with E-state index in [1.54, 1.807) is 0 Å². The first-order chi connectivity index (χ1) is 15.1. The van der Waals surface area contributed by atoms with Crippen LogP contribution in [0.25, 0.3) is 22.2 Å². The second-order valence-electron chi connectivity index (χ2n) is 7.90. The van der Waals surface area contributed by atoms with Gasteiger partial charge < -0.3 is 19.7 Å². The molecular formula is C25H30N3O3+. The molecule has 1 aliphatic rings. The molecule has 6 heteroatoms. The lowest BCUT2D eigenvalue weighted by Gasteiger charge is -2.23. The molecule has 0 bridgehead atoms. The van der Waals surface area contributed by atoms with Crippen LogP contribution in [-0.2, 0) is 4.74 Å². The smallest absolute Gasteiger partial charge is 0.252 e. The van der Waals surface area contributed by atoms with Gasteiger partial charge in [0.2, 0.25) is 0 Å². The van der Waals surface area contributed by atoms with Crippen molar-refractivity contribution in [2.45, 2.75) is 13.8 Å². The third-order valence-corrected chi connectivity index (χ3v) is 5.63. The molecule has 6 nitrogen and oxygen atoms in total. The molecule has 1 aliphatic heterocycles. The number of aromatic nitrogens is 1. The van der Waals surface area contributed by atoms with Gasteiger partial charge >= 0.3 is 0 Å². The third-order valence-electron chi connectivity index (χ3n) is 5.63. The van der Waals surface area contributed by atoms with Crippen LogP contribution in [0.2, 0.25) is 0 Å². The molecule has 4 rings (SSSR count). The lowest BCUT2D eigenvalue weighted by Crippen LogP contribution is -3.14. The molecule has 0 saturated carbocycles. The van der Waals surface area contributed by atoms with Crippen LogP contribution in [0.3, 0.4) is 0 Å². The Balaban J connectivity index is 1.59. The second-order valence-corrected chi connectivity index (χ2v) is 7.90. The van der Waals surface area contributed by atoms with E-state index >= 15 is 0 Å². The summed E-state index contributed by atoms with van der Waals surface area (Å²) in [6, 6.07) is 15.8. The topological polar surface area (TPSA) is 64.9 Å². The van der Waals surface area contributed by atoms with Crippen LogP contribution >= 0.6 is 0 Å². The molecule has 2 N–H and O–H groups in total. The van der Waals surface area contributed by atoms with Gasteiger partial charge in [0.25, 0.3) is 5.91 Å². The highest BCUT2D eigenvalue weighted by atomic mass is 16.5. The van der Waals surface area contributed by atoms with Gasteiger partial charge in [0.15, 0.2) is 0 Å².